The SMILES string of the molecule is Cc1ccc(N[C@@H](CSC(C)C)C(=O)O)cc1. The van der Waals surface area contributed by atoms with Crippen LogP contribution in [0.5, 0.6) is 0 Å². The van der Waals surface area contributed by atoms with Gasteiger partial charge in [0.05, 0.1) is 0 Å². The standard InChI is InChI=1S/C13H19NO2S/c1-9(2)17-8-12(13(15)16)14-11-6-4-10(3)5-7-11/h4-7,9,12,14H,8H2,1-3H3,(H,15,16)/t12-/m0/s1. The number of thioether (sulfide) groups is 1. The van der Waals surface area contributed by atoms with Crippen molar-refractivity contribution in [2.24, 2.45) is 0 Å². The third kappa shape index (κ3) is 5.13. The number of nitrogens with one attached hydrogen (secondary N) is 1. The Morgan fingerprint density at radius 3 is 2.41 bits per heavy atom. The molecule has 1 atom stereocenters. The van der Waals surface area contributed by atoms with Crippen LogP contribution in [0.3, 0.4) is 0 Å². The number of carboxylic acids is 1. The van der Waals surface area contributed by atoms with Crippen LogP contribution in [0.1, 0.15) is 19.4 Å². The molecule has 0 saturated heterocycles. The molecule has 0 saturated carbocycles. The van der Waals surface area contributed by atoms with E-state index in [0.29, 0.717) is 11.0 Å². The zero-order chi connectivity index (χ0) is 12.8. The van der Waals surface area contributed by atoms with Gasteiger partial charge in [0, 0.05) is 11.4 Å². The Bertz CT molecular complexity index is 362. The number of aryl methyl sites for hydroxylation is 1. The molecule has 1 rings (SSSR count). The Hall–Kier alpha value is -1.16. The van der Waals surface area contributed by atoms with Gasteiger partial charge < -0.3 is 10.4 Å². The van der Waals surface area contributed by atoms with Crippen molar-refractivity contribution in [1.82, 2.24) is 0 Å². The van der Waals surface area contributed by atoms with Gasteiger partial charge in [0.25, 0.3) is 0 Å². The first-order chi connectivity index (χ1) is 7.99. The highest BCUT2D eigenvalue weighted by Crippen LogP contribution is 2.15. The first-order valence-corrected chi connectivity index (χ1v) is 6.71. The Morgan fingerprint density at radius 1 is 1.35 bits per heavy atom. The van der Waals surface area contributed by atoms with Gasteiger partial charge >= 0.3 is 5.97 Å². The predicted octanol–water partition coefficient (Wildman–Crippen LogP) is 3.00. The second kappa shape index (κ2) is 6.55. The molecule has 0 unspecified atom stereocenters. The lowest BCUT2D eigenvalue weighted by molar-refractivity contribution is -0.137. The predicted molar refractivity (Wildman–Crippen MR) is 73.8 cm³/mol. The molecule has 0 aliphatic heterocycles. The van der Waals surface area contributed by atoms with E-state index in [2.05, 4.69) is 19.2 Å². The Morgan fingerprint density at radius 2 is 1.94 bits per heavy atom. The van der Waals surface area contributed by atoms with Crippen molar-refractivity contribution in [3.63, 3.8) is 0 Å². The first kappa shape index (κ1) is 13.9. The van der Waals surface area contributed by atoms with Crippen molar-refractivity contribution < 1.29 is 9.90 Å². The highest BCUT2D eigenvalue weighted by molar-refractivity contribution is 7.99. The zero-order valence-electron chi connectivity index (χ0n) is 10.4. The van der Waals surface area contributed by atoms with Crippen molar-refractivity contribution in [3.8, 4) is 0 Å². The van der Waals surface area contributed by atoms with Crippen LogP contribution in [0, 0.1) is 6.92 Å². The minimum atomic E-state index is -0.807. The summed E-state index contributed by atoms with van der Waals surface area (Å²) < 4.78 is 0. The fourth-order valence-electron chi connectivity index (χ4n) is 1.31. The van der Waals surface area contributed by atoms with Gasteiger partial charge in [0.2, 0.25) is 0 Å². The summed E-state index contributed by atoms with van der Waals surface area (Å²) >= 11 is 1.65. The van der Waals surface area contributed by atoms with Crippen LogP contribution in [0.2, 0.25) is 0 Å². The fraction of sp³-hybridized carbons (Fsp3) is 0.462. The number of carbonyl (C=O) groups is 1. The Labute approximate surface area is 107 Å². The molecule has 0 radical (unpaired) electrons. The number of hydrogen-bond donors (Lipinski definition) is 2. The molecular weight excluding hydrogens is 234 g/mol. The van der Waals surface area contributed by atoms with Crippen molar-refractivity contribution in [2.75, 3.05) is 11.1 Å². The summed E-state index contributed by atoms with van der Waals surface area (Å²) in [5.74, 6) is -0.236. The monoisotopic (exact) mass is 253 g/mol. The van der Waals surface area contributed by atoms with Crippen LogP contribution in [0.15, 0.2) is 24.3 Å². The number of carboxylic acid groups (broad SMARTS) is 1. The van der Waals surface area contributed by atoms with E-state index in [1.165, 1.54) is 5.56 Å². The van der Waals surface area contributed by atoms with Crippen molar-refractivity contribution in [2.45, 2.75) is 32.1 Å². The zero-order valence-corrected chi connectivity index (χ0v) is 11.3. The van der Waals surface area contributed by atoms with E-state index >= 15 is 0 Å². The van der Waals surface area contributed by atoms with Crippen LogP contribution in [0.25, 0.3) is 0 Å². The molecule has 1 aromatic carbocycles. The molecule has 0 aromatic heterocycles. The summed E-state index contributed by atoms with van der Waals surface area (Å²) in [7, 11) is 0. The van der Waals surface area contributed by atoms with E-state index in [9.17, 15) is 4.79 Å². The second-order valence-corrected chi connectivity index (χ2v) is 5.89. The highest BCUT2D eigenvalue weighted by atomic mass is 32.2. The third-order valence-corrected chi connectivity index (χ3v) is 3.48. The van der Waals surface area contributed by atoms with Crippen LogP contribution < -0.4 is 5.32 Å². The number of aliphatic carboxylic acids is 1. The van der Waals surface area contributed by atoms with Crippen molar-refractivity contribution >= 4 is 23.4 Å². The van der Waals surface area contributed by atoms with E-state index in [1.54, 1.807) is 11.8 Å². The quantitative estimate of drug-likeness (QED) is 0.818. The van der Waals surface area contributed by atoms with Crippen LogP contribution in [0.4, 0.5) is 5.69 Å². The van der Waals surface area contributed by atoms with Gasteiger partial charge in [-0.25, -0.2) is 4.79 Å². The average Bonchev–Trinajstić information content (AvgIpc) is 2.26. The minimum Gasteiger partial charge on any atom is -0.480 e. The molecule has 0 aliphatic rings. The fourth-order valence-corrected chi connectivity index (χ4v) is 2.12. The lowest BCUT2D eigenvalue weighted by Crippen LogP contribution is -2.32. The summed E-state index contributed by atoms with van der Waals surface area (Å²) in [6.07, 6.45) is 0. The number of anilines is 1. The molecule has 4 heteroatoms. The van der Waals surface area contributed by atoms with E-state index in [-0.39, 0.29) is 0 Å². The molecule has 0 bridgehead atoms. The molecular formula is C13H19NO2S. The molecule has 0 spiro atoms. The summed E-state index contributed by atoms with van der Waals surface area (Å²) in [5, 5.41) is 12.6. The Kier molecular flexibility index (Phi) is 5.35. The molecule has 0 aliphatic carbocycles. The molecule has 1 aromatic rings. The number of benzene rings is 1. The maximum atomic E-state index is 11.1. The lowest BCUT2D eigenvalue weighted by Gasteiger charge is -2.16. The van der Waals surface area contributed by atoms with E-state index in [4.69, 9.17) is 5.11 Å². The average molecular weight is 253 g/mol. The van der Waals surface area contributed by atoms with E-state index < -0.39 is 12.0 Å². The van der Waals surface area contributed by atoms with Crippen LogP contribution >= 0.6 is 11.8 Å². The lowest BCUT2D eigenvalue weighted by atomic mass is 10.2. The molecule has 0 amide bonds. The summed E-state index contributed by atoms with van der Waals surface area (Å²) in [6, 6.07) is 7.22. The Balaban J connectivity index is 2.60. The summed E-state index contributed by atoms with van der Waals surface area (Å²) in [5.41, 5.74) is 2.02. The van der Waals surface area contributed by atoms with Gasteiger partial charge in [-0.3, -0.25) is 0 Å². The van der Waals surface area contributed by atoms with Gasteiger partial charge in [0.1, 0.15) is 6.04 Å². The van der Waals surface area contributed by atoms with E-state index in [1.807, 2.05) is 31.2 Å². The largest absolute Gasteiger partial charge is 0.480 e. The normalized spacial score (nSPS) is 12.5. The molecule has 94 valence electrons. The van der Waals surface area contributed by atoms with Gasteiger partial charge in [-0.15, -0.1) is 0 Å². The molecule has 0 heterocycles. The maximum Gasteiger partial charge on any atom is 0.326 e. The minimum absolute atomic E-state index is 0.441. The highest BCUT2D eigenvalue weighted by Gasteiger charge is 2.17. The maximum absolute atomic E-state index is 11.1. The molecule has 17 heavy (non-hydrogen) atoms. The van der Waals surface area contributed by atoms with E-state index in [0.717, 1.165) is 5.69 Å². The number of hydrogen-bond acceptors (Lipinski definition) is 3. The second-order valence-electron chi connectivity index (χ2n) is 4.28. The molecule has 3 nitrogen and oxygen atoms in total. The van der Waals surface area contributed by atoms with Crippen molar-refractivity contribution in [1.29, 1.82) is 0 Å². The van der Waals surface area contributed by atoms with Gasteiger partial charge in [0.15, 0.2) is 0 Å². The van der Waals surface area contributed by atoms with Gasteiger partial charge in [-0.2, -0.15) is 11.8 Å². The molecule has 2 N–H and O–H groups in total. The van der Waals surface area contributed by atoms with Crippen LogP contribution in [-0.4, -0.2) is 28.1 Å². The van der Waals surface area contributed by atoms with Crippen molar-refractivity contribution in [3.05, 3.63) is 29.8 Å². The van der Waals surface area contributed by atoms with Gasteiger partial charge in [-0.1, -0.05) is 31.5 Å². The summed E-state index contributed by atoms with van der Waals surface area (Å²) in [4.78, 5) is 11.1. The van der Waals surface area contributed by atoms with Gasteiger partial charge in [-0.05, 0) is 24.3 Å². The van der Waals surface area contributed by atoms with Crippen LogP contribution in [-0.2, 0) is 4.79 Å². The third-order valence-electron chi connectivity index (χ3n) is 2.29. The smallest absolute Gasteiger partial charge is 0.326 e. The first-order valence-electron chi connectivity index (χ1n) is 5.66. The summed E-state index contributed by atoms with van der Waals surface area (Å²) in [6.45, 7) is 6.14. The number of rotatable bonds is 6. The topological polar surface area (TPSA) is 49.3 Å². The molecule has 0 fully saturated rings.